The van der Waals surface area contributed by atoms with E-state index in [0.717, 1.165) is 30.8 Å². The molecule has 0 bridgehead atoms. The number of benzene rings is 4. The molecule has 0 aliphatic heterocycles. The van der Waals surface area contributed by atoms with Crippen LogP contribution >= 0.6 is 23.2 Å². The minimum absolute atomic E-state index is 0.549. The molecule has 0 spiro atoms. The molecule has 0 radical (unpaired) electrons. The van der Waals surface area contributed by atoms with Crippen molar-refractivity contribution >= 4 is 34.0 Å². The normalized spacial score (nSPS) is 11.1. The zero-order valence-electron chi connectivity index (χ0n) is 17.5. The highest BCUT2D eigenvalue weighted by Crippen LogP contribution is 2.29. The molecule has 4 aromatic carbocycles. The number of rotatable bonds is 8. The van der Waals surface area contributed by atoms with Gasteiger partial charge < -0.3 is 10.1 Å². The topological polar surface area (TPSA) is 21.3 Å². The number of halogens is 2. The van der Waals surface area contributed by atoms with Crippen molar-refractivity contribution in [2.24, 2.45) is 0 Å². The van der Waals surface area contributed by atoms with Crippen molar-refractivity contribution in [3.05, 3.63) is 111 Å². The zero-order chi connectivity index (χ0) is 21.6. The van der Waals surface area contributed by atoms with Crippen LogP contribution in [0.5, 0.6) is 5.75 Å². The van der Waals surface area contributed by atoms with Crippen LogP contribution in [-0.4, -0.2) is 6.54 Å². The maximum atomic E-state index is 6.31. The van der Waals surface area contributed by atoms with Crippen molar-refractivity contribution in [3.8, 4) is 5.75 Å². The van der Waals surface area contributed by atoms with Crippen molar-refractivity contribution in [2.45, 2.75) is 26.5 Å². The van der Waals surface area contributed by atoms with Gasteiger partial charge in [-0.15, -0.1) is 0 Å². The Kier molecular flexibility index (Phi) is 7.14. The Morgan fingerprint density at radius 2 is 1.74 bits per heavy atom. The van der Waals surface area contributed by atoms with Gasteiger partial charge in [-0.3, -0.25) is 0 Å². The van der Waals surface area contributed by atoms with Crippen LogP contribution in [0.1, 0.15) is 22.3 Å². The summed E-state index contributed by atoms with van der Waals surface area (Å²) in [6.07, 6.45) is 0.834. The van der Waals surface area contributed by atoms with Crippen LogP contribution in [0, 0.1) is 6.92 Å². The maximum absolute atomic E-state index is 6.31. The summed E-state index contributed by atoms with van der Waals surface area (Å²) in [5.41, 5.74) is 4.67. The smallest absolute Gasteiger partial charge is 0.124 e. The Labute approximate surface area is 193 Å². The molecule has 2 nitrogen and oxygen atoms in total. The van der Waals surface area contributed by atoms with Crippen LogP contribution in [0.25, 0.3) is 10.8 Å². The minimum atomic E-state index is 0.549. The van der Waals surface area contributed by atoms with Crippen molar-refractivity contribution in [1.82, 2.24) is 5.32 Å². The quantitative estimate of drug-likeness (QED) is 0.283. The van der Waals surface area contributed by atoms with Gasteiger partial charge in [-0.2, -0.15) is 0 Å². The molecular weight excluding hydrogens is 425 g/mol. The van der Waals surface area contributed by atoms with E-state index in [1.54, 1.807) is 6.07 Å². The fraction of sp³-hybridized carbons (Fsp3) is 0.185. The third-order valence-corrected chi connectivity index (χ3v) is 5.95. The van der Waals surface area contributed by atoms with Crippen LogP contribution in [-0.2, 0) is 19.6 Å². The summed E-state index contributed by atoms with van der Waals surface area (Å²) in [6, 6.07) is 26.7. The van der Waals surface area contributed by atoms with Gasteiger partial charge in [-0.05, 0) is 60.0 Å². The Hall–Kier alpha value is -2.52. The molecule has 0 saturated carbocycles. The first-order valence-electron chi connectivity index (χ1n) is 10.4. The molecule has 0 atom stereocenters. The van der Waals surface area contributed by atoms with Crippen molar-refractivity contribution in [2.75, 3.05) is 6.54 Å². The van der Waals surface area contributed by atoms with Crippen molar-refractivity contribution in [3.63, 3.8) is 0 Å². The standard InChI is InChI=1S/C27H25Cl2NO/c1-19-5-4-6-20(15-19)18-31-27-12-10-21-7-2-3-8-24(21)25(27)17-30-14-13-22-9-11-23(28)16-26(22)29/h2-12,15-16,30H,13-14,17-18H2,1H3. The second-order valence-corrected chi connectivity index (χ2v) is 8.55. The van der Waals surface area contributed by atoms with E-state index in [-0.39, 0.29) is 0 Å². The van der Waals surface area contributed by atoms with Gasteiger partial charge in [-0.25, -0.2) is 0 Å². The van der Waals surface area contributed by atoms with Gasteiger partial charge in [0.25, 0.3) is 0 Å². The molecule has 158 valence electrons. The lowest BCUT2D eigenvalue weighted by Crippen LogP contribution is -2.17. The first-order valence-corrected chi connectivity index (χ1v) is 11.2. The maximum Gasteiger partial charge on any atom is 0.124 e. The first kappa shape index (κ1) is 21.7. The zero-order valence-corrected chi connectivity index (χ0v) is 19.0. The molecule has 0 fully saturated rings. The first-order chi connectivity index (χ1) is 15.1. The molecule has 0 heterocycles. The van der Waals surface area contributed by atoms with Crippen LogP contribution in [0.3, 0.4) is 0 Å². The predicted octanol–water partition coefficient (Wildman–Crippen LogP) is 7.37. The Morgan fingerprint density at radius 1 is 0.871 bits per heavy atom. The lowest BCUT2D eigenvalue weighted by atomic mass is 10.0. The van der Waals surface area contributed by atoms with E-state index in [4.69, 9.17) is 27.9 Å². The fourth-order valence-electron chi connectivity index (χ4n) is 3.76. The van der Waals surface area contributed by atoms with Crippen molar-refractivity contribution < 1.29 is 4.74 Å². The Morgan fingerprint density at radius 3 is 2.58 bits per heavy atom. The van der Waals surface area contributed by atoms with E-state index in [0.29, 0.717) is 16.7 Å². The molecule has 0 aliphatic carbocycles. The average molecular weight is 450 g/mol. The van der Waals surface area contributed by atoms with Gasteiger partial charge in [0.15, 0.2) is 0 Å². The number of nitrogens with one attached hydrogen (secondary N) is 1. The van der Waals surface area contributed by atoms with E-state index < -0.39 is 0 Å². The molecule has 4 rings (SSSR count). The average Bonchev–Trinajstić information content (AvgIpc) is 2.77. The monoisotopic (exact) mass is 449 g/mol. The highest BCUT2D eigenvalue weighted by molar-refractivity contribution is 6.35. The molecule has 0 aromatic heterocycles. The molecule has 0 saturated heterocycles. The van der Waals surface area contributed by atoms with Gasteiger partial charge >= 0.3 is 0 Å². The Bertz CT molecular complexity index is 1190. The molecule has 0 unspecified atom stereocenters. The summed E-state index contributed by atoms with van der Waals surface area (Å²) in [4.78, 5) is 0. The van der Waals surface area contributed by atoms with E-state index in [1.807, 2.05) is 12.1 Å². The highest BCUT2D eigenvalue weighted by Gasteiger charge is 2.10. The van der Waals surface area contributed by atoms with E-state index >= 15 is 0 Å². The number of hydrogen-bond acceptors (Lipinski definition) is 2. The summed E-state index contributed by atoms with van der Waals surface area (Å²) >= 11 is 12.3. The third kappa shape index (κ3) is 5.59. The van der Waals surface area contributed by atoms with Gasteiger partial charge in [0.05, 0.1) is 0 Å². The lowest BCUT2D eigenvalue weighted by Gasteiger charge is -2.16. The number of hydrogen-bond donors (Lipinski definition) is 1. The van der Waals surface area contributed by atoms with E-state index in [1.165, 1.54) is 27.5 Å². The molecule has 31 heavy (non-hydrogen) atoms. The molecule has 4 aromatic rings. The van der Waals surface area contributed by atoms with Crippen LogP contribution in [0.15, 0.2) is 78.9 Å². The summed E-state index contributed by atoms with van der Waals surface area (Å²) < 4.78 is 6.26. The molecule has 4 heteroatoms. The second kappa shape index (κ2) is 10.2. The van der Waals surface area contributed by atoms with Gasteiger partial charge in [-0.1, -0.05) is 89.4 Å². The number of aryl methyl sites for hydroxylation is 1. The summed E-state index contributed by atoms with van der Waals surface area (Å²) in [5, 5.41) is 7.35. The molecule has 0 amide bonds. The van der Waals surface area contributed by atoms with Crippen LogP contribution in [0.4, 0.5) is 0 Å². The van der Waals surface area contributed by atoms with Gasteiger partial charge in [0.1, 0.15) is 12.4 Å². The van der Waals surface area contributed by atoms with E-state index in [2.05, 4.69) is 72.9 Å². The van der Waals surface area contributed by atoms with Gasteiger partial charge in [0.2, 0.25) is 0 Å². The lowest BCUT2D eigenvalue weighted by molar-refractivity contribution is 0.302. The fourth-order valence-corrected chi connectivity index (χ4v) is 4.26. The number of fused-ring (bicyclic) bond motifs is 1. The number of ether oxygens (including phenoxy) is 1. The SMILES string of the molecule is Cc1cccc(COc2ccc3ccccc3c2CNCCc2ccc(Cl)cc2Cl)c1. The van der Waals surface area contributed by atoms with Crippen molar-refractivity contribution in [1.29, 1.82) is 0 Å². The third-order valence-electron chi connectivity index (χ3n) is 5.36. The predicted molar refractivity (Wildman–Crippen MR) is 131 cm³/mol. The molecular formula is C27H25Cl2NO. The summed E-state index contributed by atoms with van der Waals surface area (Å²) in [5.74, 6) is 0.914. The van der Waals surface area contributed by atoms with Crippen LogP contribution in [0.2, 0.25) is 10.0 Å². The van der Waals surface area contributed by atoms with Gasteiger partial charge in [0, 0.05) is 22.2 Å². The summed E-state index contributed by atoms with van der Waals surface area (Å²) in [6.45, 7) is 4.17. The molecule has 1 N–H and O–H groups in total. The van der Waals surface area contributed by atoms with Crippen LogP contribution < -0.4 is 10.1 Å². The van der Waals surface area contributed by atoms with E-state index in [9.17, 15) is 0 Å². The molecule has 0 aliphatic rings. The Balaban J connectivity index is 1.48. The largest absolute Gasteiger partial charge is 0.489 e. The second-order valence-electron chi connectivity index (χ2n) is 7.70. The summed E-state index contributed by atoms with van der Waals surface area (Å²) in [7, 11) is 0. The highest BCUT2D eigenvalue weighted by atomic mass is 35.5. The minimum Gasteiger partial charge on any atom is -0.489 e.